The van der Waals surface area contributed by atoms with Crippen molar-refractivity contribution in [1.29, 1.82) is 0 Å². The summed E-state index contributed by atoms with van der Waals surface area (Å²) in [5.41, 5.74) is 1.32. The largest absolute Gasteiger partial charge is 0.348 e. The van der Waals surface area contributed by atoms with Crippen LogP contribution in [0.25, 0.3) is 10.7 Å². The molecule has 2 aromatic rings. The van der Waals surface area contributed by atoms with Crippen molar-refractivity contribution in [1.82, 2.24) is 25.2 Å². The molecule has 2 N–H and O–H groups in total. The molecular formula is C13H17N5OS. The number of nitrogens with one attached hydrogen (secondary N) is 2. The fraction of sp³-hybridized carbons (Fsp3) is 0.462. The summed E-state index contributed by atoms with van der Waals surface area (Å²) in [6.45, 7) is 0. The minimum atomic E-state index is -0.0887. The van der Waals surface area contributed by atoms with Crippen LogP contribution in [0.3, 0.4) is 0 Å². The molecule has 2 heterocycles. The number of carbonyl (C=O) groups excluding carboxylic acids is 1. The van der Waals surface area contributed by atoms with Crippen molar-refractivity contribution in [3.63, 3.8) is 0 Å². The van der Waals surface area contributed by atoms with Gasteiger partial charge < -0.3 is 15.2 Å². The van der Waals surface area contributed by atoms with Gasteiger partial charge in [-0.15, -0.1) is 11.3 Å². The molecule has 106 valence electrons. The van der Waals surface area contributed by atoms with Crippen molar-refractivity contribution in [2.75, 3.05) is 14.1 Å². The molecule has 1 aliphatic rings. The molecule has 0 aromatic carbocycles. The summed E-state index contributed by atoms with van der Waals surface area (Å²) in [5.74, 6) is -0.0887. The number of thiazole rings is 1. The Bertz CT molecular complexity index is 586. The molecule has 1 saturated carbocycles. The van der Waals surface area contributed by atoms with Crippen molar-refractivity contribution < 1.29 is 4.79 Å². The zero-order valence-electron chi connectivity index (χ0n) is 11.5. The second-order valence-electron chi connectivity index (χ2n) is 5.26. The number of hydrogen-bond acceptors (Lipinski definition) is 5. The monoisotopic (exact) mass is 291 g/mol. The van der Waals surface area contributed by atoms with Crippen molar-refractivity contribution >= 4 is 17.2 Å². The summed E-state index contributed by atoms with van der Waals surface area (Å²) in [6, 6.07) is 0.850. The number of amides is 1. The molecule has 0 radical (unpaired) electrons. The van der Waals surface area contributed by atoms with Crippen LogP contribution in [0.4, 0.5) is 0 Å². The molecule has 2 aromatic heterocycles. The first-order valence-corrected chi connectivity index (χ1v) is 7.43. The molecule has 0 aliphatic heterocycles. The lowest BCUT2D eigenvalue weighted by Gasteiger charge is -2.39. The molecule has 1 aliphatic carbocycles. The smallest absolute Gasteiger partial charge is 0.270 e. The predicted molar refractivity (Wildman–Crippen MR) is 77.7 cm³/mol. The summed E-state index contributed by atoms with van der Waals surface area (Å²) < 4.78 is 0. The van der Waals surface area contributed by atoms with Gasteiger partial charge in [0.2, 0.25) is 0 Å². The average molecular weight is 291 g/mol. The van der Waals surface area contributed by atoms with E-state index in [1.54, 1.807) is 17.9 Å². The van der Waals surface area contributed by atoms with E-state index in [1.807, 2.05) is 0 Å². The first-order chi connectivity index (χ1) is 9.63. The Morgan fingerprint density at radius 1 is 1.50 bits per heavy atom. The summed E-state index contributed by atoms with van der Waals surface area (Å²) in [6.07, 6.45) is 5.33. The summed E-state index contributed by atoms with van der Waals surface area (Å²) in [7, 11) is 4.14. The molecule has 7 heteroatoms. The molecule has 1 fully saturated rings. The van der Waals surface area contributed by atoms with Crippen LogP contribution in [-0.2, 0) is 0 Å². The second-order valence-corrected chi connectivity index (χ2v) is 6.12. The lowest BCUT2D eigenvalue weighted by atomic mass is 9.86. The van der Waals surface area contributed by atoms with Gasteiger partial charge in [0.05, 0.1) is 18.2 Å². The van der Waals surface area contributed by atoms with Gasteiger partial charge in [-0.3, -0.25) is 4.79 Å². The van der Waals surface area contributed by atoms with Gasteiger partial charge in [0.15, 0.2) is 0 Å². The van der Waals surface area contributed by atoms with Crippen molar-refractivity contribution in [2.45, 2.75) is 24.9 Å². The molecule has 0 saturated heterocycles. The van der Waals surface area contributed by atoms with E-state index in [-0.39, 0.29) is 11.9 Å². The molecule has 1 amide bonds. The van der Waals surface area contributed by atoms with E-state index in [1.165, 1.54) is 11.3 Å². The highest BCUT2D eigenvalue weighted by Crippen LogP contribution is 2.25. The van der Waals surface area contributed by atoms with Gasteiger partial charge in [-0.05, 0) is 26.9 Å². The lowest BCUT2D eigenvalue weighted by molar-refractivity contribution is 0.0849. The number of imidazole rings is 1. The third kappa shape index (κ3) is 2.59. The molecule has 0 bridgehead atoms. The van der Waals surface area contributed by atoms with E-state index in [9.17, 15) is 4.79 Å². The molecule has 20 heavy (non-hydrogen) atoms. The normalized spacial score (nSPS) is 21.8. The van der Waals surface area contributed by atoms with E-state index in [2.05, 4.69) is 39.3 Å². The molecule has 6 nitrogen and oxygen atoms in total. The van der Waals surface area contributed by atoms with Gasteiger partial charge >= 0.3 is 0 Å². The SMILES string of the molecule is CN(C)C1CC(NC(=O)c2csc(-c3cnc[nH]3)n2)C1. The van der Waals surface area contributed by atoms with Gasteiger partial charge in [0.1, 0.15) is 10.7 Å². The number of H-pyrrole nitrogens is 1. The third-order valence-corrected chi connectivity index (χ3v) is 4.52. The molecule has 0 spiro atoms. The minimum Gasteiger partial charge on any atom is -0.348 e. The number of aromatic amines is 1. The highest BCUT2D eigenvalue weighted by molar-refractivity contribution is 7.13. The van der Waals surface area contributed by atoms with Crippen LogP contribution in [-0.4, -0.2) is 51.9 Å². The van der Waals surface area contributed by atoms with Gasteiger partial charge in [-0.1, -0.05) is 0 Å². The lowest BCUT2D eigenvalue weighted by Crippen LogP contribution is -2.51. The Morgan fingerprint density at radius 2 is 2.30 bits per heavy atom. The first kappa shape index (κ1) is 13.3. The fourth-order valence-electron chi connectivity index (χ4n) is 2.26. The van der Waals surface area contributed by atoms with Crippen LogP contribution in [0.5, 0.6) is 0 Å². The zero-order valence-corrected chi connectivity index (χ0v) is 12.3. The quantitative estimate of drug-likeness (QED) is 0.892. The third-order valence-electron chi connectivity index (χ3n) is 3.64. The van der Waals surface area contributed by atoms with Crippen molar-refractivity contribution in [2.24, 2.45) is 0 Å². The van der Waals surface area contributed by atoms with E-state index >= 15 is 0 Å². The van der Waals surface area contributed by atoms with Crippen LogP contribution < -0.4 is 5.32 Å². The Hall–Kier alpha value is -1.73. The van der Waals surface area contributed by atoms with E-state index in [4.69, 9.17) is 0 Å². The first-order valence-electron chi connectivity index (χ1n) is 6.55. The maximum absolute atomic E-state index is 12.1. The summed E-state index contributed by atoms with van der Waals surface area (Å²) >= 11 is 1.44. The molecule has 0 unspecified atom stereocenters. The fourth-order valence-corrected chi connectivity index (χ4v) is 3.03. The Morgan fingerprint density at radius 3 is 2.95 bits per heavy atom. The standard InChI is InChI=1S/C13H17N5OS/c1-18(2)9-3-8(4-9)16-12(19)11-6-20-13(17-11)10-5-14-7-15-10/h5-9H,3-4H2,1-2H3,(H,14,15)(H,16,19). The Labute approximate surface area is 121 Å². The van der Waals surface area contributed by atoms with E-state index < -0.39 is 0 Å². The topological polar surface area (TPSA) is 73.9 Å². The molecule has 0 atom stereocenters. The predicted octanol–water partition coefficient (Wildman–Crippen LogP) is 1.36. The molecular weight excluding hydrogens is 274 g/mol. The van der Waals surface area contributed by atoms with Crippen LogP contribution in [0, 0.1) is 0 Å². The minimum absolute atomic E-state index is 0.0887. The maximum Gasteiger partial charge on any atom is 0.270 e. The number of rotatable bonds is 4. The zero-order chi connectivity index (χ0) is 14.1. The highest BCUT2D eigenvalue weighted by Gasteiger charge is 2.32. The van der Waals surface area contributed by atoms with E-state index in [0.717, 1.165) is 23.5 Å². The number of carbonyl (C=O) groups is 1. The van der Waals surface area contributed by atoms with Crippen molar-refractivity contribution in [3.05, 3.63) is 23.6 Å². The summed E-state index contributed by atoms with van der Waals surface area (Å²) in [4.78, 5) is 25.6. The number of aromatic nitrogens is 3. The number of nitrogens with zero attached hydrogens (tertiary/aromatic N) is 3. The maximum atomic E-state index is 12.1. The van der Waals surface area contributed by atoms with Crippen LogP contribution in [0.15, 0.2) is 17.9 Å². The van der Waals surface area contributed by atoms with Crippen LogP contribution in [0.1, 0.15) is 23.3 Å². The van der Waals surface area contributed by atoms with Gasteiger partial charge in [0.25, 0.3) is 5.91 Å². The van der Waals surface area contributed by atoms with Crippen LogP contribution in [0.2, 0.25) is 0 Å². The average Bonchev–Trinajstić information content (AvgIpc) is 3.01. The van der Waals surface area contributed by atoms with Crippen molar-refractivity contribution in [3.8, 4) is 10.7 Å². The van der Waals surface area contributed by atoms with Crippen LogP contribution >= 0.6 is 11.3 Å². The van der Waals surface area contributed by atoms with Gasteiger partial charge in [-0.2, -0.15) is 0 Å². The van der Waals surface area contributed by atoms with Gasteiger partial charge in [0, 0.05) is 17.5 Å². The van der Waals surface area contributed by atoms with Gasteiger partial charge in [-0.25, -0.2) is 9.97 Å². The Balaban J connectivity index is 1.59. The molecule has 3 rings (SSSR count). The second kappa shape index (κ2) is 5.34. The highest BCUT2D eigenvalue weighted by atomic mass is 32.1. The van der Waals surface area contributed by atoms with E-state index in [0.29, 0.717) is 11.7 Å². The number of hydrogen-bond donors (Lipinski definition) is 2. The Kier molecular flexibility index (Phi) is 3.54. The summed E-state index contributed by atoms with van der Waals surface area (Å²) in [5, 5.41) is 5.60.